The summed E-state index contributed by atoms with van der Waals surface area (Å²) in [5.41, 5.74) is 2.78. The summed E-state index contributed by atoms with van der Waals surface area (Å²) in [5, 5.41) is 14.3. The summed E-state index contributed by atoms with van der Waals surface area (Å²) >= 11 is 0. The van der Waals surface area contributed by atoms with Crippen molar-refractivity contribution >= 4 is 18.2 Å². The maximum atomic E-state index is 12.8. The number of aromatic nitrogens is 2. The first-order valence-corrected chi connectivity index (χ1v) is 9.69. The predicted molar refractivity (Wildman–Crippen MR) is 108 cm³/mol. The second kappa shape index (κ2) is 9.00. The van der Waals surface area contributed by atoms with Gasteiger partial charge in [-0.25, -0.2) is 0 Å². The molecule has 0 saturated carbocycles. The molecule has 0 aliphatic carbocycles. The summed E-state index contributed by atoms with van der Waals surface area (Å²) in [6.07, 6.45) is 4.02. The van der Waals surface area contributed by atoms with Crippen molar-refractivity contribution in [3.8, 4) is 11.1 Å². The molecule has 1 aromatic heterocycles. The third-order valence-corrected chi connectivity index (χ3v) is 5.68. The van der Waals surface area contributed by atoms with Gasteiger partial charge in [0.25, 0.3) is 12.4 Å². The Labute approximate surface area is 169 Å². The van der Waals surface area contributed by atoms with Crippen LogP contribution < -0.4 is 5.32 Å². The van der Waals surface area contributed by atoms with E-state index in [2.05, 4.69) is 15.3 Å². The molecule has 8 nitrogen and oxygen atoms in total. The second-order valence-electron chi connectivity index (χ2n) is 7.49. The topological polar surface area (TPSA) is 105 Å². The van der Waals surface area contributed by atoms with Gasteiger partial charge in [-0.05, 0) is 49.5 Å². The van der Waals surface area contributed by atoms with Gasteiger partial charge in [-0.15, -0.1) is 0 Å². The van der Waals surface area contributed by atoms with Crippen LogP contribution in [0.1, 0.15) is 40.6 Å². The molecule has 8 heteroatoms. The molecular weight excluding hydrogens is 372 g/mol. The zero-order valence-corrected chi connectivity index (χ0v) is 16.7. The van der Waals surface area contributed by atoms with Gasteiger partial charge >= 0.3 is 0 Å². The van der Waals surface area contributed by atoms with Crippen molar-refractivity contribution in [3.05, 3.63) is 41.7 Å². The van der Waals surface area contributed by atoms with E-state index < -0.39 is 0 Å². The number of nitrogens with zero attached hydrogens (tertiary/aromatic N) is 3. The maximum Gasteiger partial charge on any atom is 0.290 e. The van der Waals surface area contributed by atoms with Crippen LogP contribution in [0.25, 0.3) is 11.1 Å². The average Bonchev–Trinajstić information content (AvgIpc) is 3.11. The van der Waals surface area contributed by atoms with Crippen molar-refractivity contribution in [2.75, 3.05) is 19.6 Å². The van der Waals surface area contributed by atoms with Crippen LogP contribution in [0, 0.1) is 5.92 Å². The van der Waals surface area contributed by atoms with E-state index in [1.165, 1.54) is 19.8 Å². The molecule has 4 heterocycles. The van der Waals surface area contributed by atoms with Gasteiger partial charge in [-0.1, -0.05) is 12.1 Å². The quantitative estimate of drug-likeness (QED) is 0.601. The van der Waals surface area contributed by atoms with Gasteiger partial charge in [0.2, 0.25) is 0 Å². The number of ketones is 1. The van der Waals surface area contributed by atoms with E-state index in [1.807, 2.05) is 24.3 Å². The van der Waals surface area contributed by atoms with E-state index in [9.17, 15) is 9.59 Å². The van der Waals surface area contributed by atoms with Crippen molar-refractivity contribution in [2.24, 2.45) is 13.0 Å². The van der Waals surface area contributed by atoms with Gasteiger partial charge in [0.05, 0.1) is 6.20 Å². The number of hydrogen-bond acceptors (Lipinski definition) is 5. The molecule has 29 heavy (non-hydrogen) atoms. The normalized spacial score (nSPS) is 22.3. The molecule has 0 radical (unpaired) electrons. The Morgan fingerprint density at radius 2 is 1.97 bits per heavy atom. The van der Waals surface area contributed by atoms with Gasteiger partial charge in [-0.3, -0.25) is 19.1 Å². The smallest absolute Gasteiger partial charge is 0.290 e. The van der Waals surface area contributed by atoms with Crippen LogP contribution in [0.5, 0.6) is 0 Å². The Kier molecular flexibility index (Phi) is 6.43. The van der Waals surface area contributed by atoms with Gasteiger partial charge in [0.15, 0.2) is 5.78 Å². The Balaban J connectivity index is 0.000000755. The van der Waals surface area contributed by atoms with Crippen molar-refractivity contribution in [2.45, 2.75) is 25.8 Å². The minimum absolute atomic E-state index is 0.0397. The molecule has 0 spiro atoms. The Bertz CT molecular complexity index is 900. The summed E-state index contributed by atoms with van der Waals surface area (Å²) in [6, 6.07) is 7.68. The van der Waals surface area contributed by atoms with Gasteiger partial charge in [0.1, 0.15) is 5.69 Å². The van der Waals surface area contributed by atoms with Crippen LogP contribution in [0.2, 0.25) is 0 Å². The van der Waals surface area contributed by atoms with Crippen LogP contribution in [-0.4, -0.2) is 63.6 Å². The summed E-state index contributed by atoms with van der Waals surface area (Å²) in [6.45, 7) is 4.54. The Hall–Kier alpha value is -3.00. The zero-order valence-electron chi connectivity index (χ0n) is 16.7. The summed E-state index contributed by atoms with van der Waals surface area (Å²) in [5.74, 6) is 0.510. The molecule has 3 aliphatic rings. The highest BCUT2D eigenvalue weighted by molar-refractivity contribution is 6.00. The van der Waals surface area contributed by atoms with Crippen LogP contribution in [0.4, 0.5) is 0 Å². The molecule has 154 valence electrons. The lowest BCUT2D eigenvalue weighted by molar-refractivity contribution is -0.122. The molecule has 3 aliphatic heterocycles. The fourth-order valence-electron chi connectivity index (χ4n) is 4.27. The number of carboxylic acid groups (broad SMARTS) is 1. The molecule has 2 aromatic rings. The number of carbonyl (C=O) groups is 3. The number of rotatable bonds is 4. The Morgan fingerprint density at radius 1 is 1.28 bits per heavy atom. The molecule has 1 atom stereocenters. The van der Waals surface area contributed by atoms with Gasteiger partial charge < -0.3 is 15.3 Å². The number of piperidine rings is 3. The number of nitrogens with one attached hydrogen (secondary N) is 1. The van der Waals surface area contributed by atoms with E-state index in [0.717, 1.165) is 30.8 Å². The predicted octanol–water partition coefficient (Wildman–Crippen LogP) is 1.81. The standard InChI is InChI=1S/C20H24N4O2.CH2O2/c1-13(25)19-17(11-21-23(19)2)15-4-3-5-16(10-15)20(26)22-18-12-24-8-6-14(18)7-9-24;2-1-3/h3-5,10-11,14,18H,6-9,12H2,1-2H3,(H,22,26);1H,(H,2,3). The lowest BCUT2D eigenvalue weighted by Gasteiger charge is -2.44. The number of Topliss-reactive ketones (excluding diaryl/α,β-unsaturated/α-hetero) is 1. The highest BCUT2D eigenvalue weighted by Gasteiger charge is 2.35. The number of carbonyl (C=O) groups excluding carboxylic acids is 2. The highest BCUT2D eigenvalue weighted by atomic mass is 16.3. The van der Waals surface area contributed by atoms with E-state index >= 15 is 0 Å². The van der Waals surface area contributed by atoms with Gasteiger partial charge in [0, 0.05) is 37.7 Å². The summed E-state index contributed by atoms with van der Waals surface area (Å²) in [7, 11) is 1.75. The average molecular weight is 398 g/mol. The van der Waals surface area contributed by atoms with E-state index in [-0.39, 0.29) is 24.2 Å². The van der Waals surface area contributed by atoms with Crippen molar-refractivity contribution < 1.29 is 19.5 Å². The molecule has 5 rings (SSSR count). The molecule has 1 aromatic carbocycles. The van der Waals surface area contributed by atoms with Crippen molar-refractivity contribution in [1.29, 1.82) is 0 Å². The van der Waals surface area contributed by atoms with Crippen LogP contribution in [0.3, 0.4) is 0 Å². The fourth-order valence-corrected chi connectivity index (χ4v) is 4.27. The largest absolute Gasteiger partial charge is 0.483 e. The minimum atomic E-state index is -0.250. The first-order valence-electron chi connectivity index (χ1n) is 9.69. The Morgan fingerprint density at radius 3 is 2.55 bits per heavy atom. The summed E-state index contributed by atoms with van der Waals surface area (Å²) < 4.78 is 1.58. The van der Waals surface area contributed by atoms with Crippen LogP contribution in [0.15, 0.2) is 30.5 Å². The van der Waals surface area contributed by atoms with Crippen molar-refractivity contribution in [3.63, 3.8) is 0 Å². The van der Waals surface area contributed by atoms with Crippen LogP contribution >= 0.6 is 0 Å². The first-order chi connectivity index (χ1) is 13.9. The minimum Gasteiger partial charge on any atom is -0.483 e. The first kappa shape index (κ1) is 20.7. The monoisotopic (exact) mass is 398 g/mol. The molecule has 3 saturated heterocycles. The lowest BCUT2D eigenvalue weighted by atomic mass is 9.84. The highest BCUT2D eigenvalue weighted by Crippen LogP contribution is 2.28. The van der Waals surface area contributed by atoms with E-state index in [0.29, 0.717) is 17.2 Å². The zero-order chi connectivity index (χ0) is 21.0. The molecule has 1 amide bonds. The molecule has 2 bridgehead atoms. The summed E-state index contributed by atoms with van der Waals surface area (Å²) in [4.78, 5) is 35.5. The number of amides is 1. The second-order valence-corrected chi connectivity index (χ2v) is 7.49. The molecule has 1 unspecified atom stereocenters. The number of hydrogen-bond donors (Lipinski definition) is 2. The maximum absolute atomic E-state index is 12.8. The SMILES string of the molecule is CC(=O)c1c(-c2cccc(C(=O)NC3CN4CCC3CC4)c2)cnn1C.O=CO. The number of fused-ring (bicyclic) bond motifs is 3. The molecular formula is C21H26N4O4. The fraction of sp³-hybridized carbons (Fsp3) is 0.429. The van der Waals surface area contributed by atoms with Crippen LogP contribution in [-0.2, 0) is 11.8 Å². The number of benzene rings is 1. The molecule has 3 fully saturated rings. The lowest BCUT2D eigenvalue weighted by Crippen LogP contribution is -2.57. The number of aryl methyl sites for hydroxylation is 1. The molecule has 2 N–H and O–H groups in total. The van der Waals surface area contributed by atoms with E-state index in [4.69, 9.17) is 9.90 Å². The third kappa shape index (κ3) is 4.54. The van der Waals surface area contributed by atoms with Gasteiger partial charge in [-0.2, -0.15) is 5.10 Å². The van der Waals surface area contributed by atoms with E-state index in [1.54, 1.807) is 17.9 Å². The third-order valence-electron chi connectivity index (χ3n) is 5.68. The van der Waals surface area contributed by atoms with Crippen molar-refractivity contribution in [1.82, 2.24) is 20.0 Å².